The molecule has 0 saturated carbocycles. The monoisotopic (exact) mass is 213 g/mol. The maximum atomic E-state index is 11.5. The molecule has 1 saturated heterocycles. The smallest absolute Gasteiger partial charge is 0.309 e. The second-order valence-corrected chi connectivity index (χ2v) is 4.64. The van der Waals surface area contributed by atoms with Crippen molar-refractivity contribution < 1.29 is 9.53 Å². The standard InChI is InChI=1S/C12H23NO2/c1-9-7-5-6-8-13(9)11(3)10(2)12(14)15-4/h9-11H,5-8H2,1-4H3. The summed E-state index contributed by atoms with van der Waals surface area (Å²) in [7, 11) is 1.46. The average Bonchev–Trinajstić information content (AvgIpc) is 2.26. The predicted octanol–water partition coefficient (Wildman–Crippen LogP) is 2.06. The van der Waals surface area contributed by atoms with Crippen LogP contribution in [-0.2, 0) is 9.53 Å². The summed E-state index contributed by atoms with van der Waals surface area (Å²) in [5.41, 5.74) is 0. The summed E-state index contributed by atoms with van der Waals surface area (Å²) in [4.78, 5) is 13.9. The lowest BCUT2D eigenvalue weighted by atomic mass is 9.95. The van der Waals surface area contributed by atoms with Crippen LogP contribution in [0.4, 0.5) is 0 Å². The van der Waals surface area contributed by atoms with E-state index in [4.69, 9.17) is 4.74 Å². The number of likely N-dealkylation sites (tertiary alicyclic amines) is 1. The van der Waals surface area contributed by atoms with Crippen LogP contribution < -0.4 is 0 Å². The molecule has 3 heteroatoms. The topological polar surface area (TPSA) is 29.5 Å². The van der Waals surface area contributed by atoms with Gasteiger partial charge in [0.15, 0.2) is 0 Å². The Morgan fingerprint density at radius 2 is 2.07 bits per heavy atom. The third-order valence-electron chi connectivity index (χ3n) is 3.67. The van der Waals surface area contributed by atoms with Crippen molar-refractivity contribution in [3.63, 3.8) is 0 Å². The maximum Gasteiger partial charge on any atom is 0.309 e. The van der Waals surface area contributed by atoms with E-state index in [1.54, 1.807) is 0 Å². The van der Waals surface area contributed by atoms with Gasteiger partial charge in [0.25, 0.3) is 0 Å². The summed E-state index contributed by atoms with van der Waals surface area (Å²) in [6, 6.07) is 0.883. The van der Waals surface area contributed by atoms with E-state index in [9.17, 15) is 4.79 Å². The molecule has 0 radical (unpaired) electrons. The molecule has 1 aliphatic rings. The first kappa shape index (κ1) is 12.5. The maximum absolute atomic E-state index is 11.5. The Morgan fingerprint density at radius 3 is 2.60 bits per heavy atom. The first-order valence-electron chi connectivity index (χ1n) is 5.91. The fourth-order valence-corrected chi connectivity index (χ4v) is 2.40. The Labute approximate surface area is 92.8 Å². The van der Waals surface area contributed by atoms with Gasteiger partial charge in [-0.15, -0.1) is 0 Å². The summed E-state index contributed by atoms with van der Waals surface area (Å²) >= 11 is 0. The summed E-state index contributed by atoms with van der Waals surface area (Å²) in [6.07, 6.45) is 3.82. The molecule has 1 fully saturated rings. The van der Waals surface area contributed by atoms with E-state index in [2.05, 4.69) is 18.7 Å². The zero-order valence-electron chi connectivity index (χ0n) is 10.3. The van der Waals surface area contributed by atoms with E-state index in [0.717, 1.165) is 6.54 Å². The van der Waals surface area contributed by atoms with Gasteiger partial charge < -0.3 is 4.74 Å². The molecular weight excluding hydrogens is 190 g/mol. The van der Waals surface area contributed by atoms with Crippen LogP contribution in [0.2, 0.25) is 0 Å². The molecule has 1 aliphatic heterocycles. The highest BCUT2D eigenvalue weighted by Crippen LogP contribution is 2.23. The Morgan fingerprint density at radius 1 is 1.40 bits per heavy atom. The van der Waals surface area contributed by atoms with Crippen molar-refractivity contribution in [2.75, 3.05) is 13.7 Å². The summed E-state index contributed by atoms with van der Waals surface area (Å²) in [5, 5.41) is 0. The number of esters is 1. The van der Waals surface area contributed by atoms with Gasteiger partial charge in [0.05, 0.1) is 13.0 Å². The van der Waals surface area contributed by atoms with Crippen LogP contribution in [0.1, 0.15) is 40.0 Å². The van der Waals surface area contributed by atoms with Gasteiger partial charge in [0.1, 0.15) is 0 Å². The molecule has 88 valence electrons. The average molecular weight is 213 g/mol. The van der Waals surface area contributed by atoms with Gasteiger partial charge in [0.2, 0.25) is 0 Å². The molecular formula is C12H23NO2. The molecule has 0 N–H and O–H groups in total. The molecule has 0 aromatic carbocycles. The van der Waals surface area contributed by atoms with Gasteiger partial charge in [-0.3, -0.25) is 9.69 Å². The van der Waals surface area contributed by atoms with Gasteiger partial charge in [-0.2, -0.15) is 0 Å². The highest BCUT2D eigenvalue weighted by Gasteiger charge is 2.30. The number of carbonyl (C=O) groups is 1. The lowest BCUT2D eigenvalue weighted by Gasteiger charge is -2.39. The molecule has 3 unspecified atom stereocenters. The van der Waals surface area contributed by atoms with Crippen LogP contribution >= 0.6 is 0 Å². The molecule has 3 nitrogen and oxygen atoms in total. The molecule has 0 aromatic rings. The fourth-order valence-electron chi connectivity index (χ4n) is 2.40. The van der Waals surface area contributed by atoms with Crippen molar-refractivity contribution in [3.05, 3.63) is 0 Å². The number of rotatable bonds is 3. The number of ether oxygens (including phenoxy) is 1. The second kappa shape index (κ2) is 5.50. The van der Waals surface area contributed by atoms with E-state index in [0.29, 0.717) is 6.04 Å². The minimum atomic E-state index is -0.0970. The van der Waals surface area contributed by atoms with Crippen LogP contribution in [0, 0.1) is 5.92 Å². The van der Waals surface area contributed by atoms with Gasteiger partial charge in [-0.25, -0.2) is 0 Å². The van der Waals surface area contributed by atoms with Crippen molar-refractivity contribution in [3.8, 4) is 0 Å². The molecule has 3 atom stereocenters. The number of nitrogens with zero attached hydrogens (tertiary/aromatic N) is 1. The minimum absolute atomic E-state index is 0.0319. The van der Waals surface area contributed by atoms with E-state index < -0.39 is 0 Å². The van der Waals surface area contributed by atoms with Crippen LogP contribution in [0.3, 0.4) is 0 Å². The molecule has 0 spiro atoms. The van der Waals surface area contributed by atoms with E-state index >= 15 is 0 Å². The van der Waals surface area contributed by atoms with Crippen molar-refractivity contribution in [1.82, 2.24) is 4.90 Å². The van der Waals surface area contributed by atoms with Crippen molar-refractivity contribution in [2.45, 2.75) is 52.1 Å². The Bertz CT molecular complexity index is 218. The molecule has 0 aliphatic carbocycles. The zero-order chi connectivity index (χ0) is 11.4. The SMILES string of the molecule is COC(=O)C(C)C(C)N1CCCCC1C. The number of hydrogen-bond donors (Lipinski definition) is 0. The molecule has 0 amide bonds. The third-order valence-corrected chi connectivity index (χ3v) is 3.67. The summed E-state index contributed by atoms with van der Waals surface area (Å²) in [6.45, 7) is 7.45. The second-order valence-electron chi connectivity index (χ2n) is 4.64. The van der Waals surface area contributed by atoms with Crippen molar-refractivity contribution in [1.29, 1.82) is 0 Å². The third kappa shape index (κ3) is 2.94. The zero-order valence-corrected chi connectivity index (χ0v) is 10.3. The van der Waals surface area contributed by atoms with Crippen LogP contribution in [-0.4, -0.2) is 36.6 Å². The van der Waals surface area contributed by atoms with E-state index in [-0.39, 0.29) is 17.9 Å². The number of carbonyl (C=O) groups excluding carboxylic acids is 1. The molecule has 0 bridgehead atoms. The van der Waals surface area contributed by atoms with Gasteiger partial charge in [0, 0.05) is 12.1 Å². The first-order valence-corrected chi connectivity index (χ1v) is 5.91. The lowest BCUT2D eigenvalue weighted by molar-refractivity contribution is -0.147. The molecule has 1 rings (SSSR count). The summed E-state index contributed by atoms with van der Waals surface area (Å²) < 4.78 is 4.79. The van der Waals surface area contributed by atoms with Gasteiger partial charge in [-0.1, -0.05) is 13.3 Å². The Kier molecular flexibility index (Phi) is 4.58. The van der Waals surface area contributed by atoms with E-state index in [1.807, 2.05) is 6.92 Å². The van der Waals surface area contributed by atoms with Crippen LogP contribution in [0.25, 0.3) is 0 Å². The minimum Gasteiger partial charge on any atom is -0.469 e. The van der Waals surface area contributed by atoms with Crippen LogP contribution in [0.5, 0.6) is 0 Å². The molecule has 1 heterocycles. The van der Waals surface area contributed by atoms with Gasteiger partial charge >= 0.3 is 5.97 Å². The number of piperidine rings is 1. The number of methoxy groups -OCH3 is 1. The van der Waals surface area contributed by atoms with Crippen molar-refractivity contribution in [2.24, 2.45) is 5.92 Å². The highest BCUT2D eigenvalue weighted by atomic mass is 16.5. The molecule has 15 heavy (non-hydrogen) atoms. The lowest BCUT2D eigenvalue weighted by Crippen LogP contribution is -2.48. The predicted molar refractivity (Wildman–Crippen MR) is 60.7 cm³/mol. The van der Waals surface area contributed by atoms with Gasteiger partial charge in [-0.05, 0) is 33.2 Å². The molecule has 0 aromatic heterocycles. The van der Waals surface area contributed by atoms with E-state index in [1.165, 1.54) is 26.4 Å². The van der Waals surface area contributed by atoms with Crippen molar-refractivity contribution >= 4 is 5.97 Å². The quantitative estimate of drug-likeness (QED) is 0.672. The Hall–Kier alpha value is -0.570. The summed E-state index contributed by atoms with van der Waals surface area (Å²) in [5.74, 6) is -0.129. The Balaban J connectivity index is 2.57. The largest absolute Gasteiger partial charge is 0.469 e. The van der Waals surface area contributed by atoms with Crippen LogP contribution in [0.15, 0.2) is 0 Å². The first-order chi connectivity index (χ1) is 7.07. The number of hydrogen-bond acceptors (Lipinski definition) is 3. The fraction of sp³-hybridized carbons (Fsp3) is 0.917. The normalized spacial score (nSPS) is 27.1. The highest BCUT2D eigenvalue weighted by molar-refractivity contribution is 5.72.